The van der Waals surface area contributed by atoms with Crippen molar-refractivity contribution < 1.29 is 4.79 Å². The number of hydrogen-bond acceptors (Lipinski definition) is 1. The molecule has 0 saturated carbocycles. The van der Waals surface area contributed by atoms with Gasteiger partial charge in [-0.3, -0.25) is 0 Å². The van der Waals surface area contributed by atoms with Gasteiger partial charge < -0.3 is 4.79 Å². The van der Waals surface area contributed by atoms with Gasteiger partial charge in [-0.05, 0) is 25.2 Å². The number of carbonyl (C=O) groups is 1. The van der Waals surface area contributed by atoms with Crippen LogP contribution in [0.5, 0.6) is 0 Å². The molecule has 0 aliphatic heterocycles. The number of hydrogen-bond donors (Lipinski definition) is 0. The molecule has 0 aromatic heterocycles. The number of unbranched alkanes of at least 4 members (excludes halogenated alkanes) is 1. The van der Waals surface area contributed by atoms with Gasteiger partial charge in [0.1, 0.15) is 5.78 Å². The Morgan fingerprint density at radius 2 is 2.08 bits per heavy atom. The molecule has 0 aromatic carbocycles. The highest BCUT2D eigenvalue weighted by molar-refractivity contribution is 5.76. The second kappa shape index (κ2) is 4.98. The maximum atomic E-state index is 10.9. The molecular weight excluding hydrogens is 148 g/mol. The Hall–Kier alpha value is -0.770. The average molecular weight is 166 g/mol. The summed E-state index contributed by atoms with van der Waals surface area (Å²) in [5, 5.41) is 0. The fourth-order valence-electron chi connectivity index (χ4n) is 1.43. The van der Waals surface area contributed by atoms with Crippen molar-refractivity contribution in [2.24, 2.45) is 5.41 Å². The van der Waals surface area contributed by atoms with Crippen LogP contribution >= 0.6 is 0 Å². The molecule has 1 nitrogen and oxygen atoms in total. The van der Waals surface area contributed by atoms with E-state index < -0.39 is 0 Å². The third kappa shape index (κ3) is 5.97. The quantitative estimate of drug-likeness (QED) is 0.453. The van der Waals surface area contributed by atoms with E-state index in [4.69, 9.17) is 6.42 Å². The predicted molar refractivity (Wildman–Crippen MR) is 51.8 cm³/mol. The zero-order valence-corrected chi connectivity index (χ0v) is 8.31. The zero-order chi connectivity index (χ0) is 9.61. The fraction of sp³-hybridized carbons (Fsp3) is 0.727. The van der Waals surface area contributed by atoms with Gasteiger partial charge in [0.15, 0.2) is 0 Å². The van der Waals surface area contributed by atoms with Crippen LogP contribution < -0.4 is 0 Å². The minimum absolute atomic E-state index is 0.128. The largest absolute Gasteiger partial charge is 0.300 e. The van der Waals surface area contributed by atoms with Crippen molar-refractivity contribution >= 4 is 5.78 Å². The van der Waals surface area contributed by atoms with Gasteiger partial charge >= 0.3 is 0 Å². The zero-order valence-electron chi connectivity index (χ0n) is 8.31. The van der Waals surface area contributed by atoms with Crippen LogP contribution in [0.2, 0.25) is 0 Å². The van der Waals surface area contributed by atoms with Gasteiger partial charge in [-0.25, -0.2) is 0 Å². The Morgan fingerprint density at radius 3 is 2.50 bits per heavy atom. The van der Waals surface area contributed by atoms with E-state index in [9.17, 15) is 4.79 Å². The molecule has 0 fully saturated rings. The predicted octanol–water partition coefficient (Wildman–Crippen LogP) is 2.80. The standard InChI is InChI=1S/C11H18O/c1-5-6-7-8-11(3,4)9-10(2)12/h1H,6-9H2,2-4H3. The third-order valence-corrected chi connectivity index (χ3v) is 1.90. The van der Waals surface area contributed by atoms with Crippen molar-refractivity contribution in [2.75, 3.05) is 0 Å². The summed E-state index contributed by atoms with van der Waals surface area (Å²) >= 11 is 0. The maximum Gasteiger partial charge on any atom is 0.130 e. The van der Waals surface area contributed by atoms with E-state index >= 15 is 0 Å². The Labute approximate surface area is 75.5 Å². The molecule has 1 heteroatoms. The Bertz CT molecular complexity index is 184. The van der Waals surface area contributed by atoms with Crippen LogP contribution in [-0.4, -0.2) is 5.78 Å². The average Bonchev–Trinajstić information content (AvgIpc) is 1.84. The van der Waals surface area contributed by atoms with Crippen LogP contribution in [0.3, 0.4) is 0 Å². The highest BCUT2D eigenvalue weighted by atomic mass is 16.1. The second-order valence-electron chi connectivity index (χ2n) is 4.10. The Kier molecular flexibility index (Phi) is 4.66. The summed E-state index contributed by atoms with van der Waals surface area (Å²) in [6.45, 7) is 5.87. The summed E-state index contributed by atoms with van der Waals surface area (Å²) in [5.74, 6) is 2.87. The lowest BCUT2D eigenvalue weighted by molar-refractivity contribution is -0.118. The minimum Gasteiger partial charge on any atom is -0.300 e. The lowest BCUT2D eigenvalue weighted by atomic mass is 9.83. The molecule has 0 radical (unpaired) electrons. The summed E-state index contributed by atoms with van der Waals surface area (Å²) in [6, 6.07) is 0. The van der Waals surface area contributed by atoms with E-state index in [1.807, 2.05) is 0 Å². The SMILES string of the molecule is C#CCCCC(C)(C)CC(C)=O. The van der Waals surface area contributed by atoms with Gasteiger partial charge in [-0.1, -0.05) is 13.8 Å². The molecular formula is C11H18O. The van der Waals surface area contributed by atoms with E-state index in [2.05, 4.69) is 19.8 Å². The molecule has 68 valence electrons. The monoisotopic (exact) mass is 166 g/mol. The van der Waals surface area contributed by atoms with Crippen molar-refractivity contribution in [1.29, 1.82) is 0 Å². The van der Waals surface area contributed by atoms with Crippen molar-refractivity contribution in [1.82, 2.24) is 0 Å². The third-order valence-electron chi connectivity index (χ3n) is 1.90. The topological polar surface area (TPSA) is 17.1 Å². The van der Waals surface area contributed by atoms with E-state index in [1.54, 1.807) is 6.92 Å². The first-order valence-corrected chi connectivity index (χ1v) is 4.41. The van der Waals surface area contributed by atoms with Crippen LogP contribution in [0.4, 0.5) is 0 Å². The van der Waals surface area contributed by atoms with Gasteiger partial charge in [0, 0.05) is 12.8 Å². The van der Waals surface area contributed by atoms with Gasteiger partial charge in [0.05, 0.1) is 0 Å². The van der Waals surface area contributed by atoms with Crippen LogP contribution in [0.1, 0.15) is 46.5 Å². The molecule has 0 aliphatic rings. The summed E-state index contributed by atoms with van der Waals surface area (Å²) < 4.78 is 0. The minimum atomic E-state index is 0.128. The Balaban J connectivity index is 3.72. The molecule has 12 heavy (non-hydrogen) atoms. The van der Waals surface area contributed by atoms with Gasteiger partial charge in [-0.15, -0.1) is 12.3 Å². The highest BCUT2D eigenvalue weighted by Crippen LogP contribution is 2.27. The van der Waals surface area contributed by atoms with Gasteiger partial charge in [0.2, 0.25) is 0 Å². The molecule has 0 aromatic rings. The first-order chi connectivity index (χ1) is 5.48. The van der Waals surface area contributed by atoms with Crippen molar-refractivity contribution in [3.63, 3.8) is 0 Å². The highest BCUT2D eigenvalue weighted by Gasteiger charge is 2.18. The first kappa shape index (κ1) is 11.2. The molecule has 0 rings (SSSR count). The number of terminal acetylenes is 1. The van der Waals surface area contributed by atoms with Crippen LogP contribution in [-0.2, 0) is 4.79 Å². The van der Waals surface area contributed by atoms with Crippen LogP contribution in [0.25, 0.3) is 0 Å². The Morgan fingerprint density at radius 1 is 1.50 bits per heavy atom. The lowest BCUT2D eigenvalue weighted by Gasteiger charge is -2.22. The number of Topliss-reactive ketones (excluding diaryl/α,β-unsaturated/α-hetero) is 1. The molecule has 0 saturated heterocycles. The van der Waals surface area contributed by atoms with Crippen molar-refractivity contribution in [2.45, 2.75) is 46.5 Å². The molecule has 0 amide bonds. The lowest BCUT2D eigenvalue weighted by Crippen LogP contribution is -2.15. The van der Waals surface area contributed by atoms with Crippen molar-refractivity contribution in [3.05, 3.63) is 0 Å². The fourth-order valence-corrected chi connectivity index (χ4v) is 1.43. The maximum absolute atomic E-state index is 10.9. The first-order valence-electron chi connectivity index (χ1n) is 4.41. The molecule has 0 heterocycles. The van der Waals surface area contributed by atoms with E-state index in [0.717, 1.165) is 19.3 Å². The summed E-state index contributed by atoms with van der Waals surface area (Å²) in [4.78, 5) is 10.9. The normalized spacial score (nSPS) is 10.8. The molecule has 0 unspecified atom stereocenters. The second-order valence-corrected chi connectivity index (χ2v) is 4.10. The number of carbonyl (C=O) groups excluding carboxylic acids is 1. The molecule has 0 bridgehead atoms. The van der Waals surface area contributed by atoms with E-state index in [0.29, 0.717) is 6.42 Å². The van der Waals surface area contributed by atoms with Crippen LogP contribution in [0.15, 0.2) is 0 Å². The molecule has 0 N–H and O–H groups in total. The molecule has 0 spiro atoms. The van der Waals surface area contributed by atoms with Crippen LogP contribution in [0, 0.1) is 17.8 Å². The smallest absolute Gasteiger partial charge is 0.130 e. The molecule has 0 atom stereocenters. The van der Waals surface area contributed by atoms with E-state index in [-0.39, 0.29) is 11.2 Å². The van der Waals surface area contributed by atoms with Crippen molar-refractivity contribution in [3.8, 4) is 12.3 Å². The number of ketones is 1. The van der Waals surface area contributed by atoms with Gasteiger partial charge in [0.25, 0.3) is 0 Å². The number of rotatable bonds is 5. The molecule has 0 aliphatic carbocycles. The van der Waals surface area contributed by atoms with Gasteiger partial charge in [-0.2, -0.15) is 0 Å². The summed E-state index contributed by atoms with van der Waals surface area (Å²) in [5.41, 5.74) is 0.128. The summed E-state index contributed by atoms with van der Waals surface area (Å²) in [6.07, 6.45) is 8.69. The summed E-state index contributed by atoms with van der Waals surface area (Å²) in [7, 11) is 0. The van der Waals surface area contributed by atoms with E-state index in [1.165, 1.54) is 0 Å².